The second-order valence-corrected chi connectivity index (χ2v) is 18.5. The number of hydrogen-bond acceptors (Lipinski definition) is 1. The average Bonchev–Trinajstić information content (AvgIpc) is 3.76. The molecule has 1 heterocycles. The van der Waals surface area contributed by atoms with Crippen LogP contribution in [0.2, 0.25) is 0 Å². The van der Waals surface area contributed by atoms with Crippen LogP contribution >= 0.6 is 0 Å². The molecule has 71 heavy (non-hydrogen) atoms. The normalized spacial score (nSPS) is 13.3. The van der Waals surface area contributed by atoms with Crippen molar-refractivity contribution in [1.82, 2.24) is 4.57 Å². The maximum atomic E-state index is 4.53. The van der Waals surface area contributed by atoms with Crippen molar-refractivity contribution in [2.45, 2.75) is 6.42 Å². The number of hydrogen-bond donors (Lipinski definition) is 0. The number of benzene rings is 11. The predicted molar refractivity (Wildman–Crippen MR) is 303 cm³/mol. The van der Waals surface area contributed by atoms with Gasteiger partial charge in [-0.2, -0.15) is 0 Å². The Hall–Kier alpha value is -9.24. The molecule has 0 radical (unpaired) electrons. The molecular weight excluding hydrogens is 857 g/mol. The van der Waals surface area contributed by atoms with E-state index in [0.717, 1.165) is 62.5 Å². The van der Waals surface area contributed by atoms with Crippen molar-refractivity contribution in [2.75, 3.05) is 4.90 Å². The van der Waals surface area contributed by atoms with Crippen LogP contribution in [0.15, 0.2) is 274 Å². The Balaban J connectivity index is 0.963. The van der Waals surface area contributed by atoms with Gasteiger partial charge in [-0.25, -0.2) is 0 Å². The van der Waals surface area contributed by atoms with Gasteiger partial charge in [0.15, 0.2) is 0 Å². The molecule has 0 bridgehead atoms. The maximum absolute atomic E-state index is 4.53. The second-order valence-electron chi connectivity index (χ2n) is 18.5. The molecule has 334 valence electrons. The highest BCUT2D eigenvalue weighted by Gasteiger charge is 2.20. The van der Waals surface area contributed by atoms with Gasteiger partial charge in [0.05, 0.1) is 16.7 Å². The van der Waals surface area contributed by atoms with Gasteiger partial charge in [-0.05, 0) is 151 Å². The van der Waals surface area contributed by atoms with Gasteiger partial charge >= 0.3 is 0 Å². The third-order valence-corrected chi connectivity index (χ3v) is 14.4. The summed E-state index contributed by atoms with van der Waals surface area (Å²) < 4.78 is 2.45. The summed E-state index contributed by atoms with van der Waals surface area (Å²) in [4.78, 5) is 2.39. The summed E-state index contributed by atoms with van der Waals surface area (Å²) in [6.45, 7) is 4.53. The molecule has 1 aliphatic carbocycles. The highest BCUT2D eigenvalue weighted by molar-refractivity contribution is 6.13. The van der Waals surface area contributed by atoms with Crippen LogP contribution in [0, 0.1) is 0 Å². The van der Waals surface area contributed by atoms with Gasteiger partial charge in [-0.1, -0.05) is 207 Å². The fourth-order valence-electron chi connectivity index (χ4n) is 10.9. The van der Waals surface area contributed by atoms with Crippen molar-refractivity contribution in [3.05, 3.63) is 285 Å². The van der Waals surface area contributed by atoms with Crippen molar-refractivity contribution in [3.8, 4) is 50.2 Å². The number of allylic oxidation sites excluding steroid dienone is 5. The Morgan fingerprint density at radius 1 is 0.366 bits per heavy atom. The zero-order valence-electron chi connectivity index (χ0n) is 39.2. The molecule has 1 aliphatic rings. The quantitative estimate of drug-likeness (QED) is 0.155. The molecule has 2 heteroatoms. The van der Waals surface area contributed by atoms with E-state index in [-0.39, 0.29) is 0 Å². The van der Waals surface area contributed by atoms with Crippen molar-refractivity contribution in [3.63, 3.8) is 0 Å². The Morgan fingerprint density at radius 3 is 1.69 bits per heavy atom. The fraction of sp³-hybridized carbons (Fsp3) is 0.0145. The van der Waals surface area contributed by atoms with E-state index in [0.29, 0.717) is 0 Å². The third kappa shape index (κ3) is 7.54. The molecule has 0 saturated carbocycles. The molecule has 11 aromatic carbocycles. The van der Waals surface area contributed by atoms with Gasteiger partial charge in [-0.3, -0.25) is 0 Å². The van der Waals surface area contributed by atoms with Gasteiger partial charge in [0.1, 0.15) is 0 Å². The molecule has 1 aromatic heterocycles. The smallest absolute Gasteiger partial charge is 0.0541 e. The molecule has 0 saturated heterocycles. The topological polar surface area (TPSA) is 8.17 Å². The molecule has 13 rings (SSSR count). The van der Waals surface area contributed by atoms with E-state index >= 15 is 0 Å². The minimum Gasteiger partial charge on any atom is -0.310 e. The molecule has 0 fully saturated rings. The predicted octanol–water partition coefficient (Wildman–Crippen LogP) is 18.9. The maximum Gasteiger partial charge on any atom is 0.0541 e. The number of anilines is 3. The minimum atomic E-state index is 0.857. The Morgan fingerprint density at radius 2 is 0.930 bits per heavy atom. The number of aromatic nitrogens is 1. The fourth-order valence-corrected chi connectivity index (χ4v) is 10.9. The van der Waals surface area contributed by atoms with Crippen molar-refractivity contribution >= 4 is 66.0 Å². The van der Waals surface area contributed by atoms with Crippen LogP contribution in [0.1, 0.15) is 11.1 Å². The zero-order valence-corrected chi connectivity index (χ0v) is 39.2. The van der Waals surface area contributed by atoms with Crippen LogP contribution in [0.5, 0.6) is 0 Å². The molecule has 0 spiro atoms. The first-order valence-electron chi connectivity index (χ1n) is 24.5. The summed E-state index contributed by atoms with van der Waals surface area (Å²) in [6, 6.07) is 88.9. The lowest BCUT2D eigenvalue weighted by Gasteiger charge is -2.27. The molecular formula is C69H48N2. The standard InChI is InChI=1S/C69H48N2/c1-47-16-4-2-7-19-51-20-9-12-26-61(51)64-46-58(40-41-59(47)64)71-68-42-34-54(44-65(68)66-45-55(35-43-69(66)71)62-28-14-23-52-21-8-11-25-60(52)62)50-32-38-57(39-33-50)70(67-29-15-24-53-22-10-13-27-63(53)67)56-36-30-49(31-37-56)48-17-5-3-6-18-48/h2-18,20-46H,1,19H2/b7-2-,16-4-. The van der Waals surface area contributed by atoms with Crippen LogP contribution in [0.3, 0.4) is 0 Å². The highest BCUT2D eigenvalue weighted by atomic mass is 15.1. The summed E-state index contributed by atoms with van der Waals surface area (Å²) in [5.74, 6) is 0. The van der Waals surface area contributed by atoms with E-state index in [1.807, 2.05) is 0 Å². The largest absolute Gasteiger partial charge is 0.310 e. The molecule has 0 unspecified atom stereocenters. The van der Waals surface area contributed by atoms with E-state index in [2.05, 4.69) is 283 Å². The Bertz CT molecular complexity index is 4060. The Kier molecular flexibility index (Phi) is 10.4. The minimum absolute atomic E-state index is 0.857. The van der Waals surface area contributed by atoms with Gasteiger partial charge in [0.2, 0.25) is 0 Å². The summed E-state index contributed by atoms with van der Waals surface area (Å²) in [6.07, 6.45) is 9.44. The van der Waals surface area contributed by atoms with Crippen molar-refractivity contribution in [2.24, 2.45) is 0 Å². The highest BCUT2D eigenvalue weighted by Crippen LogP contribution is 2.43. The van der Waals surface area contributed by atoms with Gasteiger partial charge in [0, 0.05) is 33.2 Å². The van der Waals surface area contributed by atoms with E-state index < -0.39 is 0 Å². The van der Waals surface area contributed by atoms with E-state index in [4.69, 9.17) is 0 Å². The lowest BCUT2D eigenvalue weighted by atomic mass is 9.90. The van der Waals surface area contributed by atoms with Crippen LogP contribution < -0.4 is 4.90 Å². The van der Waals surface area contributed by atoms with Gasteiger partial charge in [-0.15, -0.1) is 0 Å². The van der Waals surface area contributed by atoms with Gasteiger partial charge < -0.3 is 9.47 Å². The summed E-state index contributed by atoms with van der Waals surface area (Å²) in [5, 5.41) is 7.32. The van der Waals surface area contributed by atoms with Crippen molar-refractivity contribution in [1.29, 1.82) is 0 Å². The molecule has 0 amide bonds. The van der Waals surface area contributed by atoms with Crippen LogP contribution in [0.4, 0.5) is 17.1 Å². The van der Waals surface area contributed by atoms with Crippen LogP contribution in [-0.4, -0.2) is 4.57 Å². The molecule has 0 atom stereocenters. The molecule has 0 N–H and O–H groups in total. The van der Waals surface area contributed by atoms with E-state index in [1.54, 1.807) is 0 Å². The van der Waals surface area contributed by atoms with Crippen molar-refractivity contribution < 1.29 is 0 Å². The first-order valence-corrected chi connectivity index (χ1v) is 24.5. The second kappa shape index (κ2) is 17.7. The third-order valence-electron chi connectivity index (χ3n) is 14.4. The van der Waals surface area contributed by atoms with E-state index in [1.165, 1.54) is 71.3 Å². The molecule has 2 nitrogen and oxygen atoms in total. The molecule has 12 aromatic rings. The summed E-state index contributed by atoms with van der Waals surface area (Å²) in [7, 11) is 0. The number of fused-ring (bicyclic) bond motifs is 8. The summed E-state index contributed by atoms with van der Waals surface area (Å²) >= 11 is 0. The van der Waals surface area contributed by atoms with Crippen LogP contribution in [-0.2, 0) is 6.42 Å². The van der Waals surface area contributed by atoms with E-state index in [9.17, 15) is 0 Å². The SMILES string of the molecule is C=C1/C=C\C=C/Cc2ccccc2-c2cc(-n3c4ccc(-c5ccc(N(c6ccc(-c7ccccc7)cc6)c6cccc7ccccc67)cc5)cc4c4cc(-c5cccc6ccccc56)ccc43)ccc21. The first kappa shape index (κ1) is 41.9. The van der Waals surface area contributed by atoms with Gasteiger partial charge in [0.25, 0.3) is 0 Å². The Labute approximate surface area is 414 Å². The first-order chi connectivity index (χ1) is 35.1. The lowest BCUT2D eigenvalue weighted by molar-refractivity contribution is 1.18. The summed E-state index contributed by atoms with van der Waals surface area (Å²) in [5.41, 5.74) is 19.8. The monoisotopic (exact) mass is 904 g/mol. The lowest BCUT2D eigenvalue weighted by Crippen LogP contribution is -2.10. The molecule has 0 aliphatic heterocycles. The number of nitrogens with zero attached hydrogens (tertiary/aromatic N) is 2. The zero-order chi connectivity index (χ0) is 47.3. The van der Waals surface area contributed by atoms with Crippen LogP contribution in [0.25, 0.3) is 99.1 Å². The number of rotatable bonds is 7. The average molecular weight is 905 g/mol.